The Balaban J connectivity index is 1.73. The lowest BCUT2D eigenvalue weighted by Gasteiger charge is -2.45. The third-order valence-corrected chi connectivity index (χ3v) is 7.18. The van der Waals surface area contributed by atoms with E-state index in [1.807, 2.05) is 44.2 Å². The summed E-state index contributed by atoms with van der Waals surface area (Å²) < 4.78 is 43.7. The molecule has 5 nitrogen and oxygen atoms in total. The SMILES string of the molecule is C[C@H]1C(=O)C(C#N)=C[C@@]2(C)c3c(c(-c4ccccc4)nn3-c3ccc(OC(F)(F)F)cc3)CC[C@H]12. The standard InChI is InChI=1S/C27H22F3N3O2/c1-16-22-13-12-21-23(17-6-4-3-5-7-17)32-33(19-8-10-20(11-9-19)35-27(28,29)30)25(21)26(22,2)14-18(15-31)24(16)34/h3-11,14,16,22H,12-13H2,1-2H3/t16-,22-,26-/m1/s1. The summed E-state index contributed by atoms with van der Waals surface area (Å²) >= 11 is 0. The largest absolute Gasteiger partial charge is 0.573 e. The Labute approximate surface area is 200 Å². The van der Waals surface area contributed by atoms with Gasteiger partial charge in [-0.3, -0.25) is 4.79 Å². The minimum absolute atomic E-state index is 0.0356. The predicted octanol–water partition coefficient (Wildman–Crippen LogP) is 5.93. The van der Waals surface area contributed by atoms with E-state index in [1.54, 1.807) is 10.8 Å². The van der Waals surface area contributed by atoms with Gasteiger partial charge in [0, 0.05) is 22.5 Å². The van der Waals surface area contributed by atoms with E-state index < -0.39 is 11.8 Å². The number of halogens is 3. The van der Waals surface area contributed by atoms with Crippen LogP contribution in [-0.2, 0) is 16.6 Å². The molecule has 0 fully saturated rings. The van der Waals surface area contributed by atoms with Crippen LogP contribution in [0.4, 0.5) is 13.2 Å². The normalized spacial score (nSPS) is 23.7. The summed E-state index contributed by atoms with van der Waals surface area (Å²) in [6.07, 6.45) is -1.57. The van der Waals surface area contributed by atoms with Crippen molar-refractivity contribution in [1.82, 2.24) is 9.78 Å². The molecular weight excluding hydrogens is 455 g/mol. The Hall–Kier alpha value is -3.86. The van der Waals surface area contributed by atoms with Crippen molar-refractivity contribution in [3.05, 3.63) is 77.5 Å². The van der Waals surface area contributed by atoms with Crippen LogP contribution in [0.3, 0.4) is 0 Å². The van der Waals surface area contributed by atoms with E-state index >= 15 is 0 Å². The van der Waals surface area contributed by atoms with Crippen LogP contribution in [0.1, 0.15) is 31.5 Å². The topological polar surface area (TPSA) is 67.9 Å². The van der Waals surface area contributed by atoms with Crippen LogP contribution in [0.25, 0.3) is 16.9 Å². The van der Waals surface area contributed by atoms with Gasteiger partial charge in [0.05, 0.1) is 22.6 Å². The highest BCUT2D eigenvalue weighted by Crippen LogP contribution is 2.52. The third kappa shape index (κ3) is 3.81. The first kappa shape index (κ1) is 22.9. The van der Waals surface area contributed by atoms with Gasteiger partial charge in [0.15, 0.2) is 5.78 Å². The zero-order valence-electron chi connectivity index (χ0n) is 19.1. The molecule has 1 heterocycles. The van der Waals surface area contributed by atoms with E-state index in [2.05, 4.69) is 10.8 Å². The maximum atomic E-state index is 12.8. The van der Waals surface area contributed by atoms with Crippen molar-refractivity contribution < 1.29 is 22.7 Å². The molecule has 0 spiro atoms. The highest BCUT2D eigenvalue weighted by Gasteiger charge is 2.50. The average Bonchev–Trinajstić information content (AvgIpc) is 3.22. The molecule has 0 unspecified atom stereocenters. The van der Waals surface area contributed by atoms with Crippen molar-refractivity contribution in [2.75, 3.05) is 0 Å². The molecule has 2 aromatic carbocycles. The van der Waals surface area contributed by atoms with E-state index in [0.29, 0.717) is 12.1 Å². The summed E-state index contributed by atoms with van der Waals surface area (Å²) in [6, 6.07) is 17.3. The van der Waals surface area contributed by atoms with E-state index in [9.17, 15) is 23.2 Å². The molecule has 0 N–H and O–H groups in total. The van der Waals surface area contributed by atoms with E-state index in [0.717, 1.165) is 28.9 Å². The van der Waals surface area contributed by atoms with Crippen LogP contribution in [0.5, 0.6) is 5.75 Å². The average molecular weight is 477 g/mol. The van der Waals surface area contributed by atoms with Crippen molar-refractivity contribution in [2.24, 2.45) is 11.8 Å². The van der Waals surface area contributed by atoms with Gasteiger partial charge in [-0.2, -0.15) is 10.4 Å². The number of alkyl halides is 3. The van der Waals surface area contributed by atoms with E-state index in [1.165, 1.54) is 24.3 Å². The number of ketones is 1. The summed E-state index contributed by atoms with van der Waals surface area (Å²) in [7, 11) is 0. The number of aromatic nitrogens is 2. The summed E-state index contributed by atoms with van der Waals surface area (Å²) in [4.78, 5) is 12.8. The summed E-state index contributed by atoms with van der Waals surface area (Å²) in [5.74, 6) is -0.843. The van der Waals surface area contributed by atoms with Gasteiger partial charge in [0.2, 0.25) is 0 Å². The quantitative estimate of drug-likeness (QED) is 0.469. The van der Waals surface area contributed by atoms with Gasteiger partial charge < -0.3 is 4.74 Å². The lowest BCUT2D eigenvalue weighted by Crippen LogP contribution is -2.46. The first-order valence-corrected chi connectivity index (χ1v) is 11.3. The van der Waals surface area contributed by atoms with Gasteiger partial charge in [-0.1, -0.05) is 50.3 Å². The number of hydrogen-bond donors (Lipinski definition) is 0. The zero-order chi connectivity index (χ0) is 25.0. The minimum Gasteiger partial charge on any atom is -0.406 e. The van der Waals surface area contributed by atoms with Crippen LogP contribution < -0.4 is 4.74 Å². The third-order valence-electron chi connectivity index (χ3n) is 7.18. The molecule has 0 saturated carbocycles. The number of nitrogens with zero attached hydrogens (tertiary/aromatic N) is 3. The molecule has 35 heavy (non-hydrogen) atoms. The fourth-order valence-electron chi connectivity index (χ4n) is 5.65. The molecule has 178 valence electrons. The number of Topliss-reactive ketones (excluding diaryl/α,β-unsaturated/α-hetero) is 1. The predicted molar refractivity (Wildman–Crippen MR) is 123 cm³/mol. The first-order chi connectivity index (χ1) is 16.6. The molecule has 0 bridgehead atoms. The molecule has 0 radical (unpaired) electrons. The molecule has 1 aromatic heterocycles. The van der Waals surface area contributed by atoms with Crippen LogP contribution in [0, 0.1) is 23.2 Å². The highest BCUT2D eigenvalue weighted by atomic mass is 19.4. The molecular formula is C27H22F3N3O2. The molecule has 5 rings (SSSR count). The molecule has 3 atom stereocenters. The number of fused-ring (bicyclic) bond motifs is 3. The Morgan fingerprint density at radius 2 is 1.83 bits per heavy atom. The Morgan fingerprint density at radius 1 is 1.14 bits per heavy atom. The van der Waals surface area contributed by atoms with Crippen molar-refractivity contribution in [1.29, 1.82) is 5.26 Å². The molecule has 0 aliphatic heterocycles. The summed E-state index contributed by atoms with van der Waals surface area (Å²) in [5.41, 5.74) is 3.61. The van der Waals surface area contributed by atoms with Crippen LogP contribution in [0.2, 0.25) is 0 Å². The molecule has 0 amide bonds. The molecule has 2 aliphatic rings. The van der Waals surface area contributed by atoms with Gasteiger partial charge in [-0.05, 0) is 43.0 Å². The number of carbonyl (C=O) groups is 1. The van der Waals surface area contributed by atoms with Crippen molar-refractivity contribution in [3.63, 3.8) is 0 Å². The van der Waals surface area contributed by atoms with E-state index in [4.69, 9.17) is 5.10 Å². The van der Waals surface area contributed by atoms with Crippen molar-refractivity contribution >= 4 is 5.78 Å². The minimum atomic E-state index is -4.78. The number of rotatable bonds is 3. The fraction of sp³-hybridized carbons (Fsp3) is 0.296. The molecule has 3 aromatic rings. The maximum Gasteiger partial charge on any atom is 0.573 e. The van der Waals surface area contributed by atoms with Gasteiger partial charge in [-0.15, -0.1) is 13.2 Å². The van der Waals surface area contributed by atoms with Gasteiger partial charge in [0.1, 0.15) is 11.8 Å². The maximum absolute atomic E-state index is 12.8. The molecule has 8 heteroatoms. The Morgan fingerprint density at radius 3 is 2.46 bits per heavy atom. The van der Waals surface area contributed by atoms with Crippen LogP contribution >= 0.6 is 0 Å². The van der Waals surface area contributed by atoms with Gasteiger partial charge >= 0.3 is 6.36 Å². The van der Waals surface area contributed by atoms with Crippen molar-refractivity contribution in [3.8, 4) is 28.8 Å². The van der Waals surface area contributed by atoms with Gasteiger partial charge in [-0.25, -0.2) is 4.68 Å². The summed E-state index contributed by atoms with van der Waals surface area (Å²) in [5, 5.41) is 14.6. The van der Waals surface area contributed by atoms with Crippen molar-refractivity contribution in [2.45, 2.75) is 38.5 Å². The van der Waals surface area contributed by atoms with E-state index in [-0.39, 0.29) is 28.9 Å². The second-order valence-electron chi connectivity index (χ2n) is 9.25. The monoisotopic (exact) mass is 477 g/mol. The van der Waals surface area contributed by atoms with Gasteiger partial charge in [0.25, 0.3) is 0 Å². The van der Waals surface area contributed by atoms with Crippen LogP contribution in [0.15, 0.2) is 66.2 Å². The number of nitriles is 1. The van der Waals surface area contributed by atoms with Crippen LogP contribution in [-0.4, -0.2) is 21.9 Å². The Kier molecular flexibility index (Phi) is 5.32. The number of allylic oxidation sites excluding steroid dienone is 2. The molecule has 2 aliphatic carbocycles. The second-order valence-corrected chi connectivity index (χ2v) is 9.25. The summed E-state index contributed by atoms with van der Waals surface area (Å²) in [6.45, 7) is 3.88. The lowest BCUT2D eigenvalue weighted by atomic mass is 9.57. The fourth-order valence-corrected chi connectivity index (χ4v) is 5.65. The highest BCUT2D eigenvalue weighted by molar-refractivity contribution is 6.02. The number of benzene rings is 2. The number of hydrogen-bond acceptors (Lipinski definition) is 4. The molecule has 0 saturated heterocycles. The zero-order valence-corrected chi connectivity index (χ0v) is 19.1. The lowest BCUT2D eigenvalue weighted by molar-refractivity contribution is -0.274. The smallest absolute Gasteiger partial charge is 0.406 e. The first-order valence-electron chi connectivity index (χ1n) is 11.3. The second kappa shape index (κ2) is 8.12. The number of ether oxygens (including phenoxy) is 1. The Bertz CT molecular complexity index is 1370. The number of carbonyl (C=O) groups excluding carboxylic acids is 1.